The van der Waals surface area contributed by atoms with Gasteiger partial charge in [0.15, 0.2) is 5.78 Å². The fourth-order valence-electron chi connectivity index (χ4n) is 5.29. The molecule has 37 heavy (non-hydrogen) atoms. The number of thioether (sulfide) groups is 1. The minimum atomic E-state index is -0.408. The first-order valence-corrected chi connectivity index (χ1v) is 14.6. The fraction of sp³-hybridized carbons (Fsp3) is 0.300. The predicted molar refractivity (Wildman–Crippen MR) is 152 cm³/mol. The largest absolute Gasteiger partial charge is 0.362 e. The van der Waals surface area contributed by atoms with Gasteiger partial charge in [-0.15, -0.1) is 23.1 Å². The number of carbonyl (C=O) groups is 2. The van der Waals surface area contributed by atoms with Crippen molar-refractivity contribution < 1.29 is 9.59 Å². The maximum absolute atomic E-state index is 13.9. The number of nitrogens with zero attached hydrogens (tertiary/aromatic N) is 1. The summed E-state index contributed by atoms with van der Waals surface area (Å²) < 4.78 is 1.19. The number of amides is 1. The zero-order chi connectivity index (χ0) is 25.9. The Labute approximate surface area is 226 Å². The second kappa shape index (κ2) is 11.1. The normalized spacial score (nSPS) is 19.5. The number of benzene rings is 1. The van der Waals surface area contributed by atoms with Crippen LogP contribution in [-0.2, 0) is 16.0 Å². The van der Waals surface area contributed by atoms with Crippen molar-refractivity contribution in [2.24, 2.45) is 0 Å². The molecule has 1 aliphatic heterocycles. The summed E-state index contributed by atoms with van der Waals surface area (Å²) in [5.41, 5.74) is 5.30. The van der Waals surface area contributed by atoms with Gasteiger partial charge < -0.3 is 10.6 Å². The highest BCUT2D eigenvalue weighted by molar-refractivity contribution is 8.01. The van der Waals surface area contributed by atoms with Crippen molar-refractivity contribution in [1.29, 1.82) is 0 Å². The van der Waals surface area contributed by atoms with Crippen LogP contribution in [0.1, 0.15) is 61.5 Å². The van der Waals surface area contributed by atoms with Gasteiger partial charge in [-0.1, -0.05) is 50.2 Å². The van der Waals surface area contributed by atoms with E-state index in [0.717, 1.165) is 41.1 Å². The lowest BCUT2D eigenvalue weighted by molar-refractivity contribution is -0.116. The Morgan fingerprint density at radius 1 is 1.14 bits per heavy atom. The van der Waals surface area contributed by atoms with Crippen LogP contribution in [0, 0.1) is 0 Å². The topological polar surface area (TPSA) is 71.1 Å². The number of pyridine rings is 1. The zero-order valence-electron chi connectivity index (χ0n) is 21.3. The summed E-state index contributed by atoms with van der Waals surface area (Å²) in [7, 11) is 0. The van der Waals surface area contributed by atoms with E-state index in [2.05, 4.69) is 47.7 Å². The highest BCUT2D eigenvalue weighted by atomic mass is 32.2. The second-order valence-corrected chi connectivity index (χ2v) is 12.0. The van der Waals surface area contributed by atoms with Crippen molar-refractivity contribution in [1.82, 2.24) is 10.3 Å². The highest BCUT2D eigenvalue weighted by Crippen LogP contribution is 2.49. The van der Waals surface area contributed by atoms with Gasteiger partial charge in [-0.25, -0.2) is 4.98 Å². The first-order valence-electron chi connectivity index (χ1n) is 12.8. The summed E-state index contributed by atoms with van der Waals surface area (Å²) in [5.74, 6) is 1.02. The highest BCUT2D eigenvalue weighted by Gasteiger charge is 2.42. The summed E-state index contributed by atoms with van der Waals surface area (Å²) >= 11 is 3.56. The Morgan fingerprint density at radius 2 is 1.92 bits per heavy atom. The molecule has 3 aromatic rings. The number of anilines is 1. The van der Waals surface area contributed by atoms with Crippen LogP contribution in [0.5, 0.6) is 0 Å². The summed E-state index contributed by atoms with van der Waals surface area (Å²) in [6.45, 7) is 6.23. The molecule has 190 valence electrons. The van der Waals surface area contributed by atoms with Crippen molar-refractivity contribution in [3.63, 3.8) is 0 Å². The molecule has 2 aliphatic rings. The van der Waals surface area contributed by atoms with Crippen LogP contribution in [-0.4, -0.2) is 22.4 Å². The van der Waals surface area contributed by atoms with Gasteiger partial charge in [0.2, 0.25) is 0 Å². The molecule has 1 aliphatic carbocycles. The van der Waals surface area contributed by atoms with E-state index in [4.69, 9.17) is 0 Å². The van der Waals surface area contributed by atoms with Crippen LogP contribution < -0.4 is 10.6 Å². The molecule has 1 amide bonds. The molecule has 5 nitrogen and oxygen atoms in total. The SMILES string of the molecule is CCSc1sc(CC)cc1[C@@H]1C(C(=O)Nc2ccccn2)=C(C)NC2=C1C(=O)C[C@H](c1ccccc1)C2. The number of Topliss-reactive ketones (excluding diaryl/α,β-unsaturated/α-hetero) is 1. The van der Waals surface area contributed by atoms with E-state index in [1.165, 1.54) is 14.6 Å². The van der Waals surface area contributed by atoms with E-state index in [1.807, 2.05) is 37.3 Å². The molecule has 3 heterocycles. The molecule has 0 saturated carbocycles. The van der Waals surface area contributed by atoms with Gasteiger partial charge in [0.05, 0.1) is 4.21 Å². The summed E-state index contributed by atoms with van der Waals surface area (Å²) in [4.78, 5) is 33.2. The van der Waals surface area contributed by atoms with E-state index < -0.39 is 5.92 Å². The molecule has 0 fully saturated rings. The second-order valence-electron chi connectivity index (χ2n) is 9.34. The van der Waals surface area contributed by atoms with Gasteiger partial charge in [0.25, 0.3) is 5.91 Å². The lowest BCUT2D eigenvalue weighted by Crippen LogP contribution is -2.37. The fourth-order valence-corrected chi connectivity index (χ4v) is 7.67. The molecule has 0 saturated heterocycles. The number of nitrogens with one attached hydrogen (secondary N) is 2. The number of aryl methyl sites for hydroxylation is 1. The predicted octanol–water partition coefficient (Wildman–Crippen LogP) is 6.82. The van der Waals surface area contributed by atoms with Gasteiger partial charge in [-0.05, 0) is 60.8 Å². The molecule has 0 radical (unpaired) electrons. The van der Waals surface area contributed by atoms with Crippen molar-refractivity contribution in [2.45, 2.75) is 56.1 Å². The quantitative estimate of drug-likeness (QED) is 0.329. The molecule has 0 unspecified atom stereocenters. The maximum Gasteiger partial charge on any atom is 0.255 e. The van der Waals surface area contributed by atoms with Gasteiger partial charge in [-0.3, -0.25) is 9.59 Å². The monoisotopic (exact) mass is 529 g/mol. The Balaban J connectivity index is 1.61. The van der Waals surface area contributed by atoms with Crippen molar-refractivity contribution in [3.05, 3.63) is 99.3 Å². The number of ketones is 1. The van der Waals surface area contributed by atoms with Crippen molar-refractivity contribution in [3.8, 4) is 0 Å². The van der Waals surface area contributed by atoms with Crippen LogP contribution in [0.3, 0.4) is 0 Å². The van der Waals surface area contributed by atoms with Gasteiger partial charge in [0.1, 0.15) is 5.82 Å². The molecule has 2 atom stereocenters. The molecule has 0 spiro atoms. The zero-order valence-corrected chi connectivity index (χ0v) is 23.0. The van der Waals surface area contributed by atoms with Crippen molar-refractivity contribution in [2.75, 3.05) is 11.1 Å². The smallest absolute Gasteiger partial charge is 0.255 e. The Hall–Kier alpha value is -3.16. The number of hydrogen-bond donors (Lipinski definition) is 2. The third-order valence-electron chi connectivity index (χ3n) is 6.96. The molecular formula is C30H31N3O2S2. The van der Waals surface area contributed by atoms with E-state index in [1.54, 1.807) is 35.4 Å². The van der Waals surface area contributed by atoms with Crippen molar-refractivity contribution >= 4 is 40.6 Å². The van der Waals surface area contributed by atoms with Gasteiger partial charge in [-0.2, -0.15) is 0 Å². The lowest BCUT2D eigenvalue weighted by Gasteiger charge is -2.37. The average molecular weight is 530 g/mol. The van der Waals surface area contributed by atoms with Crippen LogP contribution >= 0.6 is 23.1 Å². The van der Waals surface area contributed by atoms with E-state index in [0.29, 0.717) is 17.8 Å². The molecule has 2 aromatic heterocycles. The Kier molecular flexibility index (Phi) is 7.63. The molecular weight excluding hydrogens is 498 g/mol. The van der Waals surface area contributed by atoms with Gasteiger partial charge in [0, 0.05) is 46.0 Å². The minimum Gasteiger partial charge on any atom is -0.362 e. The number of hydrogen-bond acceptors (Lipinski definition) is 6. The standard InChI is InChI=1S/C30H31N3O2S2/c1-4-21-17-22(30(37-21)36-5-2)27-26(29(35)33-25-13-9-10-14-31-25)18(3)32-23-15-20(16-24(34)28(23)27)19-11-7-6-8-12-19/h6-14,17,20,27,32H,4-5,15-16H2,1-3H3,(H,31,33,35)/t20-,27-/m1/s1. The van der Waals surface area contributed by atoms with E-state index in [-0.39, 0.29) is 17.6 Å². The van der Waals surface area contributed by atoms with Crippen LogP contribution in [0.2, 0.25) is 0 Å². The first-order chi connectivity index (χ1) is 18.0. The minimum absolute atomic E-state index is 0.111. The Bertz CT molecular complexity index is 1380. The third-order valence-corrected chi connectivity index (χ3v) is 9.44. The van der Waals surface area contributed by atoms with Gasteiger partial charge >= 0.3 is 0 Å². The number of rotatable bonds is 7. The number of thiophene rings is 1. The maximum atomic E-state index is 13.9. The first kappa shape index (κ1) is 25.5. The number of dihydropyridines is 1. The number of carbonyl (C=O) groups excluding carboxylic acids is 2. The summed E-state index contributed by atoms with van der Waals surface area (Å²) in [6.07, 6.45) is 3.76. The number of aromatic nitrogens is 1. The van der Waals surface area contributed by atoms with E-state index >= 15 is 0 Å². The summed E-state index contributed by atoms with van der Waals surface area (Å²) in [6, 6.07) is 17.9. The van der Waals surface area contributed by atoms with Crippen LogP contribution in [0.4, 0.5) is 5.82 Å². The lowest BCUT2D eigenvalue weighted by atomic mass is 9.72. The third kappa shape index (κ3) is 5.15. The van der Waals surface area contributed by atoms with Crippen LogP contribution in [0.25, 0.3) is 0 Å². The average Bonchev–Trinajstić information content (AvgIpc) is 3.31. The molecule has 1 aromatic carbocycles. The van der Waals surface area contributed by atoms with E-state index in [9.17, 15) is 9.59 Å². The van der Waals surface area contributed by atoms with Crippen LogP contribution in [0.15, 0.2) is 87.5 Å². The summed E-state index contributed by atoms with van der Waals surface area (Å²) in [5, 5.41) is 6.46. The Morgan fingerprint density at radius 3 is 2.62 bits per heavy atom. The molecule has 0 bridgehead atoms. The molecule has 7 heteroatoms. The number of allylic oxidation sites excluding steroid dienone is 3. The molecule has 2 N–H and O–H groups in total. The molecule has 5 rings (SSSR count).